The predicted octanol–water partition coefficient (Wildman–Crippen LogP) is 2.44. The van der Waals surface area contributed by atoms with Gasteiger partial charge in [-0.15, -0.1) is 0 Å². The van der Waals surface area contributed by atoms with Crippen molar-refractivity contribution in [2.45, 2.75) is 4.90 Å². The van der Waals surface area contributed by atoms with Gasteiger partial charge in [-0.1, -0.05) is 30.3 Å². The van der Waals surface area contributed by atoms with E-state index in [0.717, 1.165) is 10.8 Å². The number of hydrogen-bond donors (Lipinski definition) is 2. The Kier molecular flexibility index (Phi) is 6.20. The number of carbonyl (C=O) groups excluding carboxylic acids is 2. The molecule has 0 radical (unpaired) electrons. The van der Waals surface area contributed by atoms with Gasteiger partial charge >= 0.3 is 5.97 Å². The number of hydrogen-bond acceptors (Lipinski definition) is 5. The molecule has 0 saturated heterocycles. The number of ether oxygens (including phenoxy) is 1. The van der Waals surface area contributed by atoms with Crippen LogP contribution in [0.5, 0.6) is 0 Å². The topological polar surface area (TPSA) is 102 Å². The Morgan fingerprint density at radius 3 is 2.34 bits per heavy atom. The van der Waals surface area contributed by atoms with Crippen LogP contribution in [0.3, 0.4) is 0 Å². The summed E-state index contributed by atoms with van der Waals surface area (Å²) < 4.78 is 44.4. The van der Waals surface area contributed by atoms with Crippen LogP contribution in [0.15, 0.2) is 71.6 Å². The van der Waals surface area contributed by atoms with Crippen molar-refractivity contribution >= 4 is 38.4 Å². The van der Waals surface area contributed by atoms with Crippen molar-refractivity contribution in [3.8, 4) is 0 Å². The molecule has 0 aliphatic carbocycles. The second-order valence-electron chi connectivity index (χ2n) is 6.05. The summed E-state index contributed by atoms with van der Waals surface area (Å²) in [5, 5.41) is 4.05. The highest BCUT2D eigenvalue weighted by Gasteiger charge is 2.17. The summed E-state index contributed by atoms with van der Waals surface area (Å²) in [7, 11) is -3.92. The zero-order valence-electron chi connectivity index (χ0n) is 15.1. The Bertz CT molecular complexity index is 1150. The zero-order valence-corrected chi connectivity index (χ0v) is 15.9. The second-order valence-corrected chi connectivity index (χ2v) is 7.82. The third kappa shape index (κ3) is 5.59. The lowest BCUT2D eigenvalue weighted by Gasteiger charge is -2.09. The largest absolute Gasteiger partial charge is 0.455 e. The molecule has 3 aromatic carbocycles. The Hall–Kier alpha value is -3.30. The molecule has 3 aromatic rings. The van der Waals surface area contributed by atoms with E-state index in [0.29, 0.717) is 5.69 Å². The van der Waals surface area contributed by atoms with Crippen LogP contribution in [0.1, 0.15) is 0 Å². The highest BCUT2D eigenvalue weighted by molar-refractivity contribution is 7.89. The smallest absolute Gasteiger partial charge is 0.321 e. The molecule has 0 aromatic heterocycles. The minimum atomic E-state index is -3.92. The summed E-state index contributed by atoms with van der Waals surface area (Å²) in [5.74, 6) is -2.00. The molecule has 0 bridgehead atoms. The van der Waals surface area contributed by atoms with Crippen molar-refractivity contribution in [2.75, 3.05) is 18.5 Å². The van der Waals surface area contributed by atoms with E-state index in [2.05, 4.69) is 10.0 Å². The Morgan fingerprint density at radius 1 is 0.931 bits per heavy atom. The number of esters is 1. The van der Waals surface area contributed by atoms with E-state index in [4.69, 9.17) is 4.74 Å². The third-order valence-corrected chi connectivity index (χ3v) is 5.33. The molecule has 7 nitrogen and oxygen atoms in total. The molecule has 3 rings (SSSR count). The van der Waals surface area contributed by atoms with E-state index < -0.39 is 40.9 Å². The molecule has 0 heterocycles. The Labute approximate surface area is 166 Å². The van der Waals surface area contributed by atoms with Crippen LogP contribution in [0, 0.1) is 5.82 Å². The first-order chi connectivity index (χ1) is 13.8. The second kappa shape index (κ2) is 8.80. The van der Waals surface area contributed by atoms with E-state index in [1.807, 2.05) is 12.1 Å². The zero-order chi connectivity index (χ0) is 20.9. The average molecular weight is 416 g/mol. The SMILES string of the molecule is O=C(COC(=O)CNS(=O)(=O)c1ccc2ccccc2c1)Nc1ccc(F)cc1. The average Bonchev–Trinajstić information content (AvgIpc) is 2.72. The molecule has 150 valence electrons. The van der Waals surface area contributed by atoms with Gasteiger partial charge in [0.05, 0.1) is 4.90 Å². The maximum Gasteiger partial charge on any atom is 0.321 e. The van der Waals surface area contributed by atoms with Crippen LogP contribution in [-0.2, 0) is 24.3 Å². The number of fused-ring (bicyclic) bond motifs is 1. The van der Waals surface area contributed by atoms with Crippen LogP contribution < -0.4 is 10.0 Å². The van der Waals surface area contributed by atoms with E-state index in [-0.39, 0.29) is 4.90 Å². The fourth-order valence-corrected chi connectivity index (χ4v) is 3.50. The lowest BCUT2D eigenvalue weighted by atomic mass is 10.1. The van der Waals surface area contributed by atoms with Crippen LogP contribution in [0.4, 0.5) is 10.1 Å². The van der Waals surface area contributed by atoms with Gasteiger partial charge < -0.3 is 10.1 Å². The first-order valence-corrected chi connectivity index (χ1v) is 10.0. The van der Waals surface area contributed by atoms with Crippen molar-refractivity contribution in [2.24, 2.45) is 0 Å². The quantitative estimate of drug-likeness (QED) is 0.576. The maximum absolute atomic E-state index is 12.8. The minimum Gasteiger partial charge on any atom is -0.455 e. The van der Waals surface area contributed by atoms with Crippen LogP contribution in [0.2, 0.25) is 0 Å². The molecule has 0 fully saturated rings. The number of amides is 1. The molecule has 0 aliphatic heterocycles. The van der Waals surface area contributed by atoms with Gasteiger partial charge in [-0.25, -0.2) is 12.8 Å². The van der Waals surface area contributed by atoms with Gasteiger partial charge in [-0.3, -0.25) is 9.59 Å². The van der Waals surface area contributed by atoms with Gasteiger partial charge in [0.1, 0.15) is 12.4 Å². The molecule has 0 saturated carbocycles. The fourth-order valence-electron chi connectivity index (χ4n) is 2.50. The van der Waals surface area contributed by atoms with Gasteiger partial charge in [-0.05, 0) is 47.2 Å². The molecular weight excluding hydrogens is 399 g/mol. The highest BCUT2D eigenvalue weighted by Crippen LogP contribution is 2.18. The van der Waals surface area contributed by atoms with Gasteiger partial charge in [0.2, 0.25) is 10.0 Å². The van der Waals surface area contributed by atoms with Crippen LogP contribution in [-0.4, -0.2) is 33.4 Å². The van der Waals surface area contributed by atoms with Crippen molar-refractivity contribution in [3.05, 3.63) is 72.5 Å². The van der Waals surface area contributed by atoms with E-state index in [1.54, 1.807) is 18.2 Å². The molecule has 0 atom stereocenters. The number of benzene rings is 3. The van der Waals surface area contributed by atoms with Gasteiger partial charge in [0.15, 0.2) is 6.61 Å². The summed E-state index contributed by atoms with van der Waals surface area (Å²) in [5.41, 5.74) is 0.337. The highest BCUT2D eigenvalue weighted by atomic mass is 32.2. The number of halogens is 1. The number of carbonyl (C=O) groups is 2. The molecule has 29 heavy (non-hydrogen) atoms. The lowest BCUT2D eigenvalue weighted by Crippen LogP contribution is -2.32. The van der Waals surface area contributed by atoms with Gasteiger partial charge in [0.25, 0.3) is 5.91 Å². The van der Waals surface area contributed by atoms with Crippen molar-refractivity contribution < 1.29 is 27.1 Å². The molecule has 9 heteroatoms. The Balaban J connectivity index is 1.51. The molecule has 2 N–H and O–H groups in total. The molecule has 0 aliphatic rings. The molecule has 0 unspecified atom stereocenters. The fraction of sp³-hybridized carbons (Fsp3) is 0.100. The van der Waals surface area contributed by atoms with E-state index in [9.17, 15) is 22.4 Å². The predicted molar refractivity (Wildman–Crippen MR) is 105 cm³/mol. The monoisotopic (exact) mass is 416 g/mol. The van der Waals surface area contributed by atoms with Crippen LogP contribution >= 0.6 is 0 Å². The third-order valence-electron chi connectivity index (χ3n) is 3.93. The number of rotatable bonds is 7. The van der Waals surface area contributed by atoms with E-state index in [1.165, 1.54) is 36.4 Å². The maximum atomic E-state index is 12.8. The molecular formula is C20H17FN2O5S. The normalized spacial score (nSPS) is 11.2. The lowest BCUT2D eigenvalue weighted by molar-refractivity contribution is -0.146. The summed E-state index contributed by atoms with van der Waals surface area (Å²) >= 11 is 0. The standard InChI is InChI=1S/C20H17FN2O5S/c21-16-6-8-17(9-7-16)23-19(24)13-28-20(25)12-22-29(26,27)18-10-5-14-3-1-2-4-15(14)11-18/h1-11,22H,12-13H2,(H,23,24). The van der Waals surface area contributed by atoms with Crippen molar-refractivity contribution in [1.29, 1.82) is 0 Å². The first-order valence-electron chi connectivity index (χ1n) is 8.53. The summed E-state index contributed by atoms with van der Waals surface area (Å²) in [6.07, 6.45) is 0. The van der Waals surface area contributed by atoms with Crippen LogP contribution in [0.25, 0.3) is 10.8 Å². The minimum absolute atomic E-state index is 0.0121. The van der Waals surface area contributed by atoms with Crippen molar-refractivity contribution in [1.82, 2.24) is 4.72 Å². The number of sulfonamides is 1. The number of nitrogens with one attached hydrogen (secondary N) is 2. The summed E-state index contributed by atoms with van der Waals surface area (Å²) in [6.45, 7) is -1.23. The van der Waals surface area contributed by atoms with Crippen molar-refractivity contribution in [3.63, 3.8) is 0 Å². The summed E-state index contributed by atoms with van der Waals surface area (Å²) in [4.78, 5) is 23.5. The van der Waals surface area contributed by atoms with Gasteiger partial charge in [-0.2, -0.15) is 4.72 Å². The molecule has 1 amide bonds. The Morgan fingerprint density at radius 2 is 1.62 bits per heavy atom. The van der Waals surface area contributed by atoms with E-state index >= 15 is 0 Å². The first kappa shape index (κ1) is 20.4. The molecule has 0 spiro atoms. The van der Waals surface area contributed by atoms with Gasteiger partial charge in [0, 0.05) is 5.69 Å². The summed E-state index contributed by atoms with van der Waals surface area (Å²) in [6, 6.07) is 16.9. The number of anilines is 1.